The fourth-order valence-corrected chi connectivity index (χ4v) is 3.30. The zero-order valence-electron chi connectivity index (χ0n) is 13.1. The number of piperidine rings is 1. The van der Waals surface area contributed by atoms with Gasteiger partial charge in [-0.1, -0.05) is 0 Å². The van der Waals surface area contributed by atoms with Gasteiger partial charge in [0.15, 0.2) is 0 Å². The lowest BCUT2D eigenvalue weighted by Crippen LogP contribution is -2.46. The van der Waals surface area contributed by atoms with Gasteiger partial charge in [0.1, 0.15) is 5.75 Å². The van der Waals surface area contributed by atoms with E-state index in [0.29, 0.717) is 25.9 Å². The van der Waals surface area contributed by atoms with E-state index in [0.717, 1.165) is 24.3 Å². The summed E-state index contributed by atoms with van der Waals surface area (Å²) in [5, 5.41) is 0. The number of carbonyl (C=O) groups is 1. The highest BCUT2D eigenvalue weighted by atomic mass is 32.2. The van der Waals surface area contributed by atoms with Gasteiger partial charge in [-0.05, 0) is 37.1 Å². The molecule has 25 heavy (non-hydrogen) atoms. The van der Waals surface area contributed by atoms with Crippen LogP contribution in [0.5, 0.6) is 5.75 Å². The normalized spacial score (nSPS) is 16.7. The van der Waals surface area contributed by atoms with Gasteiger partial charge in [0, 0.05) is 19.1 Å². The van der Waals surface area contributed by atoms with E-state index < -0.39 is 28.7 Å². The molecule has 0 radical (unpaired) electrons. The van der Waals surface area contributed by atoms with Gasteiger partial charge >= 0.3 is 6.36 Å². The third-order valence-corrected chi connectivity index (χ3v) is 5.09. The molecule has 1 aliphatic rings. The maximum Gasteiger partial charge on any atom is 0.573 e. The van der Waals surface area contributed by atoms with Crippen molar-refractivity contribution in [3.63, 3.8) is 0 Å². The largest absolute Gasteiger partial charge is 0.573 e. The molecule has 1 saturated heterocycles. The highest BCUT2D eigenvalue weighted by Crippen LogP contribution is 2.23. The minimum Gasteiger partial charge on any atom is -0.406 e. The second-order valence-corrected chi connectivity index (χ2v) is 7.33. The Morgan fingerprint density at radius 3 is 2.32 bits per heavy atom. The van der Waals surface area contributed by atoms with Gasteiger partial charge in [0.05, 0.1) is 11.4 Å². The van der Waals surface area contributed by atoms with E-state index in [-0.39, 0.29) is 16.8 Å². The van der Waals surface area contributed by atoms with E-state index in [4.69, 9.17) is 5.73 Å². The lowest BCUT2D eigenvalue weighted by Gasteiger charge is -2.30. The van der Waals surface area contributed by atoms with E-state index in [1.54, 1.807) is 0 Å². The van der Waals surface area contributed by atoms with Crippen molar-refractivity contribution in [2.45, 2.75) is 30.1 Å². The number of hydrogen-bond acceptors (Lipinski definition) is 5. The highest BCUT2D eigenvalue weighted by molar-refractivity contribution is 7.89. The molecule has 11 heteroatoms. The molecule has 0 spiro atoms. The van der Waals surface area contributed by atoms with Crippen LogP contribution >= 0.6 is 0 Å². The number of amides is 1. The van der Waals surface area contributed by atoms with Crippen molar-refractivity contribution in [3.8, 4) is 5.75 Å². The monoisotopic (exact) mass is 381 g/mol. The molecule has 2 rings (SSSR count). The Hall–Kier alpha value is -1.85. The molecular weight excluding hydrogens is 363 g/mol. The zero-order chi connectivity index (χ0) is 18.7. The van der Waals surface area contributed by atoms with Gasteiger partial charge in [-0.15, -0.1) is 13.2 Å². The number of alkyl halides is 3. The van der Waals surface area contributed by atoms with Gasteiger partial charge in [-0.2, -0.15) is 0 Å². The number of rotatable bonds is 5. The number of nitrogens with zero attached hydrogens (tertiary/aromatic N) is 1. The second-order valence-electron chi connectivity index (χ2n) is 5.56. The van der Waals surface area contributed by atoms with Crippen molar-refractivity contribution >= 4 is 15.9 Å². The molecular formula is C14H18F3N3O4S. The van der Waals surface area contributed by atoms with E-state index in [2.05, 4.69) is 9.46 Å². The molecule has 0 bridgehead atoms. The molecule has 0 aliphatic carbocycles. The number of hydrogen-bond donors (Lipinski definition) is 2. The topological polar surface area (TPSA) is 102 Å². The molecule has 0 atom stereocenters. The number of carbonyl (C=O) groups excluding carboxylic acids is 1. The van der Waals surface area contributed by atoms with Crippen molar-refractivity contribution in [1.82, 2.24) is 9.62 Å². The van der Waals surface area contributed by atoms with Crippen molar-refractivity contribution in [3.05, 3.63) is 24.3 Å². The molecule has 1 aromatic carbocycles. The molecule has 1 aromatic rings. The van der Waals surface area contributed by atoms with Crippen LogP contribution in [0, 0.1) is 0 Å². The Morgan fingerprint density at radius 2 is 1.80 bits per heavy atom. The SMILES string of the molecule is NC1CCN(C(=O)CNS(=O)(=O)c2ccc(OC(F)(F)F)cc2)CC1. The third kappa shape index (κ3) is 5.87. The molecule has 1 heterocycles. The fraction of sp³-hybridized carbons (Fsp3) is 0.500. The standard InChI is InChI=1S/C14H18F3N3O4S/c15-14(16,17)24-11-1-3-12(4-2-11)25(22,23)19-9-13(21)20-7-5-10(18)6-8-20/h1-4,10,19H,5-9,18H2. The molecule has 1 aliphatic heterocycles. The van der Waals surface area contributed by atoms with Crippen LogP contribution in [0.4, 0.5) is 13.2 Å². The van der Waals surface area contributed by atoms with Crippen LogP contribution in [0.3, 0.4) is 0 Å². The second kappa shape index (κ2) is 7.58. The van der Waals surface area contributed by atoms with Gasteiger partial charge in [-0.3, -0.25) is 4.79 Å². The number of sulfonamides is 1. The number of nitrogens with two attached hydrogens (primary N) is 1. The number of ether oxygens (including phenoxy) is 1. The molecule has 1 amide bonds. The van der Waals surface area contributed by atoms with Crippen molar-refractivity contribution < 1.29 is 31.1 Å². The van der Waals surface area contributed by atoms with Crippen LogP contribution in [-0.4, -0.2) is 51.3 Å². The van der Waals surface area contributed by atoms with Gasteiger partial charge in [-0.25, -0.2) is 13.1 Å². The van der Waals surface area contributed by atoms with Crippen molar-refractivity contribution in [2.75, 3.05) is 19.6 Å². The average molecular weight is 381 g/mol. The Labute approximate surface area is 143 Å². The first-order valence-electron chi connectivity index (χ1n) is 7.46. The Balaban J connectivity index is 1.93. The lowest BCUT2D eigenvalue weighted by molar-refractivity contribution is -0.274. The predicted octanol–water partition coefficient (Wildman–Crippen LogP) is 0.813. The highest BCUT2D eigenvalue weighted by Gasteiger charge is 2.31. The number of likely N-dealkylation sites (tertiary alicyclic amines) is 1. The average Bonchev–Trinajstić information content (AvgIpc) is 2.52. The third-order valence-electron chi connectivity index (χ3n) is 3.67. The first kappa shape index (κ1) is 19.5. The van der Waals surface area contributed by atoms with Crippen molar-refractivity contribution in [2.24, 2.45) is 5.73 Å². The maximum absolute atomic E-state index is 12.1. The number of halogens is 3. The molecule has 0 saturated carbocycles. The smallest absolute Gasteiger partial charge is 0.406 e. The Kier molecular flexibility index (Phi) is 5.91. The van der Waals surface area contributed by atoms with Crippen LogP contribution in [0.2, 0.25) is 0 Å². The van der Waals surface area contributed by atoms with Crippen LogP contribution in [-0.2, 0) is 14.8 Å². The van der Waals surface area contributed by atoms with E-state index in [9.17, 15) is 26.4 Å². The van der Waals surface area contributed by atoms with Crippen LogP contribution < -0.4 is 15.2 Å². The lowest BCUT2D eigenvalue weighted by atomic mass is 10.1. The molecule has 3 N–H and O–H groups in total. The molecule has 1 fully saturated rings. The zero-order valence-corrected chi connectivity index (χ0v) is 13.9. The van der Waals surface area contributed by atoms with Crippen LogP contribution in [0.25, 0.3) is 0 Å². The maximum atomic E-state index is 12.1. The van der Waals surface area contributed by atoms with Crippen molar-refractivity contribution in [1.29, 1.82) is 0 Å². The van der Waals surface area contributed by atoms with Crippen LogP contribution in [0.1, 0.15) is 12.8 Å². The Morgan fingerprint density at radius 1 is 1.24 bits per heavy atom. The molecule has 140 valence electrons. The summed E-state index contributed by atoms with van der Waals surface area (Å²) in [4.78, 5) is 13.3. The van der Waals surface area contributed by atoms with E-state index >= 15 is 0 Å². The fourth-order valence-electron chi connectivity index (χ4n) is 2.32. The first-order chi connectivity index (χ1) is 11.6. The summed E-state index contributed by atoms with van der Waals surface area (Å²) in [6.45, 7) is 0.495. The van der Waals surface area contributed by atoms with Gasteiger partial charge < -0.3 is 15.4 Å². The van der Waals surface area contributed by atoms with Crippen LogP contribution in [0.15, 0.2) is 29.2 Å². The summed E-state index contributed by atoms with van der Waals surface area (Å²) in [6, 6.07) is 3.74. The van der Waals surface area contributed by atoms with E-state index in [1.165, 1.54) is 4.90 Å². The molecule has 0 aromatic heterocycles. The predicted molar refractivity (Wildman–Crippen MR) is 82.1 cm³/mol. The summed E-state index contributed by atoms with van der Waals surface area (Å²) in [5.74, 6) is -0.917. The first-order valence-corrected chi connectivity index (χ1v) is 8.94. The van der Waals surface area contributed by atoms with Gasteiger partial charge in [0.25, 0.3) is 0 Å². The summed E-state index contributed by atoms with van der Waals surface area (Å²) in [6.07, 6.45) is -3.56. The quantitative estimate of drug-likeness (QED) is 0.786. The summed E-state index contributed by atoms with van der Waals surface area (Å²) >= 11 is 0. The van der Waals surface area contributed by atoms with E-state index in [1.807, 2.05) is 0 Å². The minimum atomic E-state index is -4.86. The summed E-state index contributed by atoms with van der Waals surface area (Å²) in [5.41, 5.74) is 5.74. The Bertz CT molecular complexity index is 699. The minimum absolute atomic E-state index is 0.0400. The van der Waals surface area contributed by atoms with Gasteiger partial charge in [0.2, 0.25) is 15.9 Å². The molecule has 7 nitrogen and oxygen atoms in total. The summed E-state index contributed by atoms with van der Waals surface area (Å²) in [7, 11) is -4.02. The number of benzene rings is 1. The number of nitrogens with one attached hydrogen (secondary N) is 1. The summed E-state index contributed by atoms with van der Waals surface area (Å²) < 4.78 is 66.3. The molecule has 0 unspecified atom stereocenters.